The Hall–Kier alpha value is -2.88. The first-order chi connectivity index (χ1) is 11.2. The lowest BCUT2D eigenvalue weighted by atomic mass is 10.1. The zero-order valence-corrected chi connectivity index (χ0v) is 12.7. The van der Waals surface area contributed by atoms with Crippen LogP contribution in [0.3, 0.4) is 0 Å². The van der Waals surface area contributed by atoms with E-state index < -0.39 is 11.6 Å². The molecule has 0 spiro atoms. The third-order valence-corrected chi connectivity index (χ3v) is 3.53. The van der Waals surface area contributed by atoms with Crippen molar-refractivity contribution in [3.8, 4) is 5.75 Å². The lowest BCUT2D eigenvalue weighted by Crippen LogP contribution is -2.08. The van der Waals surface area contributed by atoms with E-state index in [1.807, 2.05) is 12.1 Å². The number of aryl methyl sites for hydroxylation is 1. The molecule has 3 aromatic rings. The SMILES string of the molecule is CCCc1ccc(C(=O)Oc2ccc3ccc(=O)oc3c2)cc1. The minimum Gasteiger partial charge on any atom is -0.423 e. The van der Waals surface area contributed by atoms with E-state index in [1.54, 1.807) is 36.4 Å². The third kappa shape index (κ3) is 3.48. The number of benzene rings is 2. The van der Waals surface area contributed by atoms with E-state index in [4.69, 9.17) is 9.15 Å². The molecular weight excluding hydrogens is 292 g/mol. The van der Waals surface area contributed by atoms with Gasteiger partial charge in [0, 0.05) is 17.5 Å². The quantitative estimate of drug-likeness (QED) is 0.416. The van der Waals surface area contributed by atoms with Crippen molar-refractivity contribution in [3.63, 3.8) is 0 Å². The van der Waals surface area contributed by atoms with E-state index in [2.05, 4.69) is 6.92 Å². The summed E-state index contributed by atoms with van der Waals surface area (Å²) in [4.78, 5) is 23.4. The van der Waals surface area contributed by atoms with Crippen LogP contribution in [0.5, 0.6) is 5.75 Å². The Morgan fingerprint density at radius 2 is 1.78 bits per heavy atom. The number of ether oxygens (including phenoxy) is 1. The number of esters is 1. The van der Waals surface area contributed by atoms with Crippen molar-refractivity contribution in [1.82, 2.24) is 0 Å². The van der Waals surface area contributed by atoms with E-state index in [0.717, 1.165) is 18.2 Å². The Kier molecular flexibility index (Phi) is 4.24. The molecule has 0 aliphatic carbocycles. The van der Waals surface area contributed by atoms with Gasteiger partial charge in [-0.05, 0) is 42.3 Å². The van der Waals surface area contributed by atoms with E-state index in [9.17, 15) is 9.59 Å². The number of rotatable bonds is 4. The number of hydrogen-bond donors (Lipinski definition) is 0. The molecule has 116 valence electrons. The van der Waals surface area contributed by atoms with Crippen LogP contribution in [0.4, 0.5) is 0 Å². The summed E-state index contributed by atoms with van der Waals surface area (Å²) in [6, 6.07) is 15.4. The molecular formula is C19H16O4. The van der Waals surface area contributed by atoms with E-state index in [-0.39, 0.29) is 0 Å². The summed E-state index contributed by atoms with van der Waals surface area (Å²) in [5.41, 5.74) is 1.63. The van der Waals surface area contributed by atoms with Crippen LogP contribution in [-0.2, 0) is 6.42 Å². The summed E-state index contributed by atoms with van der Waals surface area (Å²) in [7, 11) is 0. The van der Waals surface area contributed by atoms with Crippen LogP contribution in [0.1, 0.15) is 29.3 Å². The largest absolute Gasteiger partial charge is 0.423 e. The summed E-state index contributed by atoms with van der Waals surface area (Å²) in [5.74, 6) is -0.0971. The molecule has 0 bridgehead atoms. The van der Waals surface area contributed by atoms with Crippen molar-refractivity contribution in [1.29, 1.82) is 0 Å². The van der Waals surface area contributed by atoms with Crippen LogP contribution in [0.15, 0.2) is 63.8 Å². The third-order valence-electron chi connectivity index (χ3n) is 3.53. The molecule has 1 heterocycles. The standard InChI is InChI=1S/C19H16O4/c1-2-3-13-4-6-15(7-5-13)19(21)22-16-10-8-14-9-11-18(20)23-17(14)12-16/h4-12H,2-3H2,1H3. The van der Waals surface area contributed by atoms with E-state index in [0.29, 0.717) is 16.9 Å². The molecule has 0 atom stereocenters. The molecule has 0 aliphatic rings. The van der Waals surface area contributed by atoms with Crippen molar-refractivity contribution >= 4 is 16.9 Å². The Balaban J connectivity index is 1.80. The molecule has 4 heteroatoms. The van der Waals surface area contributed by atoms with Gasteiger partial charge in [-0.15, -0.1) is 0 Å². The van der Waals surface area contributed by atoms with Gasteiger partial charge in [-0.25, -0.2) is 9.59 Å². The number of hydrogen-bond acceptors (Lipinski definition) is 4. The molecule has 0 N–H and O–H groups in total. The average Bonchev–Trinajstić information content (AvgIpc) is 2.55. The number of fused-ring (bicyclic) bond motifs is 1. The van der Waals surface area contributed by atoms with Crippen molar-refractivity contribution in [2.75, 3.05) is 0 Å². The molecule has 0 aliphatic heterocycles. The fourth-order valence-electron chi connectivity index (χ4n) is 2.37. The second-order valence-electron chi connectivity index (χ2n) is 5.29. The monoisotopic (exact) mass is 308 g/mol. The summed E-state index contributed by atoms with van der Waals surface area (Å²) < 4.78 is 10.4. The number of carbonyl (C=O) groups is 1. The number of carbonyl (C=O) groups excluding carboxylic acids is 1. The molecule has 0 amide bonds. The fraction of sp³-hybridized carbons (Fsp3) is 0.158. The van der Waals surface area contributed by atoms with Gasteiger partial charge in [-0.1, -0.05) is 25.5 Å². The highest BCUT2D eigenvalue weighted by atomic mass is 16.5. The predicted octanol–water partition coefficient (Wildman–Crippen LogP) is 3.96. The van der Waals surface area contributed by atoms with Gasteiger partial charge in [0.1, 0.15) is 11.3 Å². The Bertz CT molecular complexity index is 891. The highest BCUT2D eigenvalue weighted by Crippen LogP contribution is 2.20. The molecule has 0 unspecified atom stereocenters. The molecule has 0 radical (unpaired) electrons. The maximum atomic E-state index is 12.2. The first kappa shape index (κ1) is 15.0. The second kappa shape index (κ2) is 6.48. The van der Waals surface area contributed by atoms with Gasteiger partial charge in [-0.2, -0.15) is 0 Å². The van der Waals surface area contributed by atoms with Crippen molar-refractivity contribution in [2.45, 2.75) is 19.8 Å². The van der Waals surface area contributed by atoms with Crippen molar-refractivity contribution < 1.29 is 13.9 Å². The Morgan fingerprint density at radius 1 is 1.04 bits per heavy atom. The van der Waals surface area contributed by atoms with Crippen LogP contribution in [0, 0.1) is 0 Å². The molecule has 3 rings (SSSR count). The lowest BCUT2D eigenvalue weighted by molar-refractivity contribution is 0.0735. The lowest BCUT2D eigenvalue weighted by Gasteiger charge is -2.06. The maximum Gasteiger partial charge on any atom is 0.343 e. The molecule has 2 aromatic carbocycles. The van der Waals surface area contributed by atoms with Gasteiger partial charge >= 0.3 is 11.6 Å². The van der Waals surface area contributed by atoms with Gasteiger partial charge in [0.15, 0.2) is 0 Å². The molecule has 1 aromatic heterocycles. The summed E-state index contributed by atoms with van der Waals surface area (Å²) in [6.45, 7) is 2.11. The zero-order valence-electron chi connectivity index (χ0n) is 12.7. The fourth-order valence-corrected chi connectivity index (χ4v) is 2.37. The van der Waals surface area contributed by atoms with E-state index in [1.165, 1.54) is 11.6 Å². The summed E-state index contributed by atoms with van der Waals surface area (Å²) >= 11 is 0. The average molecular weight is 308 g/mol. The second-order valence-corrected chi connectivity index (χ2v) is 5.29. The Morgan fingerprint density at radius 3 is 2.52 bits per heavy atom. The highest BCUT2D eigenvalue weighted by molar-refractivity contribution is 5.91. The minimum atomic E-state index is -0.439. The molecule has 4 nitrogen and oxygen atoms in total. The smallest absolute Gasteiger partial charge is 0.343 e. The van der Waals surface area contributed by atoms with Crippen LogP contribution in [-0.4, -0.2) is 5.97 Å². The molecule has 23 heavy (non-hydrogen) atoms. The van der Waals surface area contributed by atoms with Gasteiger partial charge < -0.3 is 9.15 Å². The van der Waals surface area contributed by atoms with Gasteiger partial charge in [0.25, 0.3) is 0 Å². The van der Waals surface area contributed by atoms with Crippen LogP contribution < -0.4 is 10.4 Å². The van der Waals surface area contributed by atoms with Crippen molar-refractivity contribution in [2.24, 2.45) is 0 Å². The van der Waals surface area contributed by atoms with E-state index >= 15 is 0 Å². The highest BCUT2D eigenvalue weighted by Gasteiger charge is 2.09. The predicted molar refractivity (Wildman–Crippen MR) is 87.9 cm³/mol. The Labute approximate surface area is 133 Å². The van der Waals surface area contributed by atoms with Crippen molar-refractivity contribution in [3.05, 3.63) is 76.1 Å². The topological polar surface area (TPSA) is 56.5 Å². The first-order valence-electron chi connectivity index (χ1n) is 7.51. The van der Waals surface area contributed by atoms with Crippen LogP contribution in [0.2, 0.25) is 0 Å². The zero-order chi connectivity index (χ0) is 16.2. The molecule has 0 fully saturated rings. The van der Waals surface area contributed by atoms with Gasteiger partial charge in [0.2, 0.25) is 0 Å². The van der Waals surface area contributed by atoms with Crippen LogP contribution >= 0.6 is 0 Å². The molecule has 0 saturated carbocycles. The minimum absolute atomic E-state index is 0.342. The first-order valence-corrected chi connectivity index (χ1v) is 7.51. The normalized spacial score (nSPS) is 10.7. The van der Waals surface area contributed by atoms with Gasteiger partial charge in [-0.3, -0.25) is 0 Å². The van der Waals surface area contributed by atoms with Gasteiger partial charge in [0.05, 0.1) is 5.56 Å². The summed E-state index contributed by atoms with van der Waals surface area (Å²) in [6.07, 6.45) is 2.05. The summed E-state index contributed by atoms with van der Waals surface area (Å²) in [5, 5.41) is 0.772. The molecule has 0 saturated heterocycles. The maximum absolute atomic E-state index is 12.2. The van der Waals surface area contributed by atoms with Crippen LogP contribution in [0.25, 0.3) is 11.0 Å².